The van der Waals surface area contributed by atoms with Crippen molar-refractivity contribution in [2.45, 2.75) is 52.3 Å². The Labute approximate surface area is 127 Å². The zero-order valence-electron chi connectivity index (χ0n) is 12.7. The van der Waals surface area contributed by atoms with Crippen molar-refractivity contribution in [3.63, 3.8) is 0 Å². The summed E-state index contributed by atoms with van der Waals surface area (Å²) in [7, 11) is 0. The number of carbonyl (C=O) groups excluding carboxylic acids is 2. The molecule has 1 aliphatic rings. The van der Waals surface area contributed by atoms with Crippen LogP contribution in [0.5, 0.6) is 0 Å². The van der Waals surface area contributed by atoms with Gasteiger partial charge in [-0.2, -0.15) is 0 Å². The van der Waals surface area contributed by atoms with E-state index < -0.39 is 17.6 Å². The number of rotatable bonds is 3. The van der Waals surface area contributed by atoms with Gasteiger partial charge in [0.05, 0.1) is 12.3 Å². The SMILES string of the molecule is CCOC(=O)c1nc2c(s1)CN[C@@H](C(=O)OC(C)(C)C)C2. The van der Waals surface area contributed by atoms with E-state index in [1.54, 1.807) is 6.92 Å². The first kappa shape index (κ1) is 15.9. The van der Waals surface area contributed by atoms with Crippen molar-refractivity contribution in [3.8, 4) is 0 Å². The van der Waals surface area contributed by atoms with Gasteiger partial charge in [-0.3, -0.25) is 10.1 Å². The van der Waals surface area contributed by atoms with Crippen LogP contribution in [0.2, 0.25) is 0 Å². The third-order valence-corrected chi connectivity index (χ3v) is 3.90. The molecule has 1 aliphatic heterocycles. The van der Waals surface area contributed by atoms with E-state index in [9.17, 15) is 9.59 Å². The molecule has 1 aromatic heterocycles. The number of ether oxygens (including phenoxy) is 2. The molecule has 0 saturated carbocycles. The summed E-state index contributed by atoms with van der Waals surface area (Å²) in [6, 6.07) is -0.422. The molecule has 116 valence electrons. The zero-order chi connectivity index (χ0) is 15.6. The number of carbonyl (C=O) groups is 2. The van der Waals surface area contributed by atoms with E-state index in [2.05, 4.69) is 10.3 Å². The van der Waals surface area contributed by atoms with Crippen molar-refractivity contribution in [1.29, 1.82) is 0 Å². The van der Waals surface area contributed by atoms with Gasteiger partial charge in [0.15, 0.2) is 0 Å². The fraction of sp³-hybridized carbons (Fsp3) is 0.643. The van der Waals surface area contributed by atoms with Crippen molar-refractivity contribution in [3.05, 3.63) is 15.6 Å². The van der Waals surface area contributed by atoms with Gasteiger partial charge >= 0.3 is 11.9 Å². The quantitative estimate of drug-likeness (QED) is 0.856. The number of thiazole rings is 1. The van der Waals surface area contributed by atoms with E-state index in [0.29, 0.717) is 24.6 Å². The molecule has 0 saturated heterocycles. The van der Waals surface area contributed by atoms with Crippen molar-refractivity contribution < 1.29 is 19.1 Å². The average Bonchev–Trinajstić information content (AvgIpc) is 2.79. The summed E-state index contributed by atoms with van der Waals surface area (Å²) < 4.78 is 10.3. The van der Waals surface area contributed by atoms with Gasteiger partial charge in [-0.1, -0.05) is 0 Å². The Hall–Kier alpha value is -1.47. The van der Waals surface area contributed by atoms with Crippen LogP contribution < -0.4 is 5.32 Å². The predicted molar refractivity (Wildman–Crippen MR) is 78.2 cm³/mol. The number of hydrogen-bond donors (Lipinski definition) is 1. The lowest BCUT2D eigenvalue weighted by Gasteiger charge is -2.26. The molecule has 7 heteroatoms. The standard InChI is InChI=1S/C14H20N2O4S/c1-5-19-13(18)11-16-8-6-9(15-7-10(8)21-11)12(17)20-14(2,3)4/h9,15H,5-7H2,1-4H3/t9-/m1/s1. The van der Waals surface area contributed by atoms with Crippen molar-refractivity contribution in [2.24, 2.45) is 0 Å². The highest BCUT2D eigenvalue weighted by Crippen LogP contribution is 2.25. The Morgan fingerprint density at radius 2 is 2.14 bits per heavy atom. The Bertz CT molecular complexity index is 548. The molecule has 6 nitrogen and oxygen atoms in total. The second-order valence-electron chi connectivity index (χ2n) is 5.78. The molecule has 1 N–H and O–H groups in total. The number of fused-ring (bicyclic) bond motifs is 1. The van der Waals surface area contributed by atoms with Crippen molar-refractivity contribution in [1.82, 2.24) is 10.3 Å². The topological polar surface area (TPSA) is 77.5 Å². The summed E-state index contributed by atoms with van der Waals surface area (Å²) in [5.74, 6) is -0.704. The second-order valence-corrected chi connectivity index (χ2v) is 6.86. The van der Waals surface area contributed by atoms with E-state index in [4.69, 9.17) is 9.47 Å². The average molecular weight is 312 g/mol. The van der Waals surface area contributed by atoms with E-state index in [0.717, 1.165) is 10.6 Å². The summed E-state index contributed by atoms with van der Waals surface area (Å²) in [5.41, 5.74) is 0.259. The Morgan fingerprint density at radius 3 is 2.76 bits per heavy atom. The Balaban J connectivity index is 2.07. The molecule has 0 bridgehead atoms. The second kappa shape index (κ2) is 6.11. The minimum Gasteiger partial charge on any atom is -0.461 e. The molecule has 1 aromatic rings. The van der Waals surface area contributed by atoms with E-state index >= 15 is 0 Å². The highest BCUT2D eigenvalue weighted by Gasteiger charge is 2.31. The van der Waals surface area contributed by atoms with Crippen LogP contribution in [0.3, 0.4) is 0 Å². The number of esters is 2. The summed E-state index contributed by atoms with van der Waals surface area (Å²) in [4.78, 5) is 29.0. The maximum atomic E-state index is 12.1. The molecule has 21 heavy (non-hydrogen) atoms. The molecular formula is C14H20N2O4S. The van der Waals surface area contributed by atoms with Crippen LogP contribution >= 0.6 is 11.3 Å². The lowest BCUT2D eigenvalue weighted by Crippen LogP contribution is -2.44. The molecule has 0 aromatic carbocycles. The summed E-state index contributed by atoms with van der Waals surface area (Å²) >= 11 is 1.31. The lowest BCUT2D eigenvalue weighted by molar-refractivity contribution is -0.157. The van der Waals surface area contributed by atoms with Crippen LogP contribution in [0.4, 0.5) is 0 Å². The molecule has 0 radical (unpaired) electrons. The van der Waals surface area contributed by atoms with Gasteiger partial charge in [-0.05, 0) is 27.7 Å². The maximum absolute atomic E-state index is 12.1. The summed E-state index contributed by atoms with van der Waals surface area (Å²) in [6.07, 6.45) is 0.431. The van der Waals surface area contributed by atoms with Crippen LogP contribution in [-0.4, -0.2) is 35.2 Å². The molecule has 2 rings (SSSR count). The molecule has 0 fully saturated rings. The van der Waals surface area contributed by atoms with E-state index in [1.807, 2.05) is 20.8 Å². The first-order chi connectivity index (χ1) is 9.80. The highest BCUT2D eigenvalue weighted by molar-refractivity contribution is 7.13. The monoisotopic (exact) mass is 312 g/mol. The van der Waals surface area contributed by atoms with Crippen molar-refractivity contribution >= 4 is 23.3 Å². The normalized spacial score (nSPS) is 18.0. The third kappa shape index (κ3) is 4.01. The lowest BCUT2D eigenvalue weighted by atomic mass is 10.1. The van der Waals surface area contributed by atoms with Crippen LogP contribution in [-0.2, 0) is 27.2 Å². The molecule has 0 spiro atoms. The molecule has 0 unspecified atom stereocenters. The maximum Gasteiger partial charge on any atom is 0.367 e. The number of aromatic nitrogens is 1. The largest absolute Gasteiger partial charge is 0.461 e. The van der Waals surface area contributed by atoms with E-state index in [-0.39, 0.29) is 5.97 Å². The molecule has 1 atom stereocenters. The first-order valence-corrected chi connectivity index (χ1v) is 7.73. The van der Waals surface area contributed by atoms with Gasteiger partial charge in [0.1, 0.15) is 11.6 Å². The zero-order valence-corrected chi connectivity index (χ0v) is 13.5. The van der Waals surface area contributed by atoms with Crippen LogP contribution in [0, 0.1) is 0 Å². The minimum atomic E-state index is -0.517. The van der Waals surface area contributed by atoms with Gasteiger partial charge in [-0.15, -0.1) is 11.3 Å². The van der Waals surface area contributed by atoms with Gasteiger partial charge in [0.2, 0.25) is 5.01 Å². The molecule has 0 aliphatic carbocycles. The number of nitrogens with one attached hydrogen (secondary N) is 1. The number of hydrogen-bond acceptors (Lipinski definition) is 7. The van der Waals surface area contributed by atoms with Gasteiger partial charge in [0.25, 0.3) is 0 Å². The number of nitrogens with zero attached hydrogens (tertiary/aromatic N) is 1. The Kier molecular flexibility index (Phi) is 4.63. The first-order valence-electron chi connectivity index (χ1n) is 6.92. The van der Waals surface area contributed by atoms with Gasteiger partial charge in [0, 0.05) is 17.8 Å². The molecule has 2 heterocycles. The van der Waals surface area contributed by atoms with E-state index in [1.165, 1.54) is 11.3 Å². The van der Waals surface area contributed by atoms with Crippen molar-refractivity contribution in [2.75, 3.05) is 6.61 Å². The fourth-order valence-corrected chi connectivity index (χ4v) is 2.92. The molecular weight excluding hydrogens is 292 g/mol. The van der Waals surface area contributed by atoms with Gasteiger partial charge in [-0.25, -0.2) is 9.78 Å². The van der Waals surface area contributed by atoms with Crippen LogP contribution in [0.25, 0.3) is 0 Å². The van der Waals surface area contributed by atoms with Crippen LogP contribution in [0.1, 0.15) is 48.1 Å². The highest BCUT2D eigenvalue weighted by atomic mass is 32.1. The smallest absolute Gasteiger partial charge is 0.367 e. The van der Waals surface area contributed by atoms with Gasteiger partial charge < -0.3 is 9.47 Å². The third-order valence-electron chi connectivity index (χ3n) is 2.83. The van der Waals surface area contributed by atoms with Crippen LogP contribution in [0.15, 0.2) is 0 Å². The molecule has 0 amide bonds. The Morgan fingerprint density at radius 1 is 1.43 bits per heavy atom. The summed E-state index contributed by atoms with van der Waals surface area (Å²) in [5, 5.41) is 3.47. The predicted octanol–water partition coefficient (Wildman–Crippen LogP) is 1.68. The fourth-order valence-electron chi connectivity index (χ4n) is 1.98. The minimum absolute atomic E-state index is 0.293. The summed E-state index contributed by atoms with van der Waals surface area (Å²) in [6.45, 7) is 8.09.